The van der Waals surface area contributed by atoms with E-state index in [0.29, 0.717) is 24.9 Å². The van der Waals surface area contributed by atoms with Crippen LogP contribution in [0.3, 0.4) is 0 Å². The summed E-state index contributed by atoms with van der Waals surface area (Å²) in [6.07, 6.45) is 7.44. The highest BCUT2D eigenvalue weighted by molar-refractivity contribution is 5.89. The van der Waals surface area contributed by atoms with Crippen molar-refractivity contribution in [1.82, 2.24) is 9.80 Å². The average molecular weight is 266 g/mol. The third kappa shape index (κ3) is 2.09. The number of likely N-dealkylation sites (tertiary alicyclic amines) is 2. The van der Waals surface area contributed by atoms with Crippen molar-refractivity contribution < 1.29 is 9.90 Å². The Morgan fingerprint density at radius 3 is 2.74 bits per heavy atom. The highest BCUT2D eigenvalue weighted by Gasteiger charge is 2.56. The number of carbonyl (C=O) groups is 1. The molecule has 4 heteroatoms. The maximum absolute atomic E-state index is 12.9. The standard InChI is InChI=1S/C15H26N2O2/c1-2-16-11-13(18)10-15(16)8-9-17(14(15)19)12-6-4-3-5-7-12/h12-13,18H,2-11H2,1H3/t13-,15-/m0/s1. The summed E-state index contributed by atoms with van der Waals surface area (Å²) in [5.41, 5.74) is -0.369. The number of nitrogens with zero attached hydrogens (tertiary/aromatic N) is 2. The maximum atomic E-state index is 12.9. The summed E-state index contributed by atoms with van der Waals surface area (Å²) in [6.45, 7) is 4.52. The first kappa shape index (κ1) is 13.4. The van der Waals surface area contributed by atoms with Gasteiger partial charge in [0.2, 0.25) is 5.91 Å². The van der Waals surface area contributed by atoms with E-state index in [2.05, 4.69) is 16.7 Å². The number of likely N-dealkylation sites (N-methyl/N-ethyl adjacent to an activating group) is 1. The van der Waals surface area contributed by atoms with Crippen LogP contribution in [0.4, 0.5) is 0 Å². The van der Waals surface area contributed by atoms with Gasteiger partial charge in [0.15, 0.2) is 0 Å². The summed E-state index contributed by atoms with van der Waals surface area (Å²) in [5.74, 6) is 0.304. The Morgan fingerprint density at radius 1 is 1.32 bits per heavy atom. The highest BCUT2D eigenvalue weighted by atomic mass is 16.3. The Balaban J connectivity index is 1.77. The summed E-state index contributed by atoms with van der Waals surface area (Å²) in [4.78, 5) is 17.3. The molecule has 3 aliphatic rings. The van der Waals surface area contributed by atoms with E-state index < -0.39 is 0 Å². The van der Waals surface area contributed by atoms with E-state index in [1.807, 2.05) is 0 Å². The second-order valence-electron chi connectivity index (χ2n) is 6.47. The third-order valence-corrected chi connectivity index (χ3v) is 5.43. The summed E-state index contributed by atoms with van der Waals surface area (Å²) in [6, 6.07) is 0.470. The Kier molecular flexibility index (Phi) is 3.56. The van der Waals surface area contributed by atoms with Crippen molar-refractivity contribution in [1.29, 1.82) is 0 Å². The Bertz CT molecular complexity index is 354. The van der Waals surface area contributed by atoms with Crippen LogP contribution in [-0.4, -0.2) is 58.1 Å². The van der Waals surface area contributed by atoms with Crippen LogP contribution in [0.25, 0.3) is 0 Å². The number of hydrogen-bond acceptors (Lipinski definition) is 3. The van der Waals surface area contributed by atoms with E-state index in [0.717, 1.165) is 19.5 Å². The molecule has 1 amide bonds. The molecule has 1 spiro atoms. The van der Waals surface area contributed by atoms with Gasteiger partial charge in [-0.3, -0.25) is 9.69 Å². The van der Waals surface area contributed by atoms with E-state index in [-0.39, 0.29) is 11.6 Å². The first-order chi connectivity index (χ1) is 9.17. The lowest BCUT2D eigenvalue weighted by atomic mass is 9.92. The van der Waals surface area contributed by atoms with Gasteiger partial charge in [0.05, 0.1) is 6.10 Å². The molecule has 0 aromatic heterocycles. The second kappa shape index (κ2) is 5.06. The lowest BCUT2D eigenvalue weighted by Gasteiger charge is -2.35. The molecule has 1 aliphatic carbocycles. The van der Waals surface area contributed by atoms with Crippen LogP contribution >= 0.6 is 0 Å². The molecule has 2 saturated heterocycles. The molecule has 4 nitrogen and oxygen atoms in total. The van der Waals surface area contributed by atoms with Gasteiger partial charge in [-0.25, -0.2) is 0 Å². The van der Waals surface area contributed by atoms with E-state index >= 15 is 0 Å². The lowest BCUT2D eigenvalue weighted by Crippen LogP contribution is -2.52. The van der Waals surface area contributed by atoms with Gasteiger partial charge in [-0.15, -0.1) is 0 Å². The summed E-state index contributed by atoms with van der Waals surface area (Å²) < 4.78 is 0. The topological polar surface area (TPSA) is 43.8 Å². The summed E-state index contributed by atoms with van der Waals surface area (Å²) >= 11 is 0. The molecule has 0 aromatic rings. The van der Waals surface area contributed by atoms with E-state index in [9.17, 15) is 9.90 Å². The normalized spacial score (nSPS) is 37.7. The molecule has 0 unspecified atom stereocenters. The van der Waals surface area contributed by atoms with Crippen LogP contribution in [0, 0.1) is 0 Å². The molecule has 3 fully saturated rings. The van der Waals surface area contributed by atoms with Crippen molar-refractivity contribution >= 4 is 5.91 Å². The fraction of sp³-hybridized carbons (Fsp3) is 0.933. The molecule has 0 radical (unpaired) electrons. The monoisotopic (exact) mass is 266 g/mol. The number of carbonyl (C=O) groups excluding carboxylic acids is 1. The molecular weight excluding hydrogens is 240 g/mol. The first-order valence-corrected chi connectivity index (χ1v) is 7.91. The van der Waals surface area contributed by atoms with Crippen molar-refractivity contribution in [3.63, 3.8) is 0 Å². The fourth-order valence-corrected chi connectivity index (χ4v) is 4.45. The van der Waals surface area contributed by atoms with Crippen molar-refractivity contribution in [2.45, 2.75) is 69.6 Å². The summed E-state index contributed by atoms with van der Waals surface area (Å²) in [5, 5.41) is 9.96. The van der Waals surface area contributed by atoms with Gasteiger partial charge in [-0.2, -0.15) is 0 Å². The summed E-state index contributed by atoms with van der Waals surface area (Å²) in [7, 11) is 0. The van der Waals surface area contributed by atoms with Gasteiger partial charge in [0.25, 0.3) is 0 Å². The smallest absolute Gasteiger partial charge is 0.243 e. The highest BCUT2D eigenvalue weighted by Crippen LogP contribution is 2.40. The molecule has 0 bridgehead atoms. The number of aliphatic hydroxyl groups is 1. The molecule has 19 heavy (non-hydrogen) atoms. The molecule has 0 aromatic carbocycles. The largest absolute Gasteiger partial charge is 0.392 e. The molecule has 1 saturated carbocycles. The molecule has 1 N–H and O–H groups in total. The Morgan fingerprint density at radius 2 is 2.05 bits per heavy atom. The van der Waals surface area contributed by atoms with Gasteiger partial charge in [0.1, 0.15) is 5.54 Å². The zero-order valence-electron chi connectivity index (χ0n) is 12.0. The molecule has 108 valence electrons. The minimum absolute atomic E-state index is 0.304. The maximum Gasteiger partial charge on any atom is 0.243 e. The number of β-amino-alcohol motifs (C(OH)–C–C–N with tert-alkyl or cyclic N) is 1. The van der Waals surface area contributed by atoms with Gasteiger partial charge in [-0.05, 0) is 25.8 Å². The van der Waals surface area contributed by atoms with Crippen LogP contribution in [0.2, 0.25) is 0 Å². The van der Waals surface area contributed by atoms with Crippen molar-refractivity contribution in [2.24, 2.45) is 0 Å². The number of hydrogen-bond donors (Lipinski definition) is 1. The van der Waals surface area contributed by atoms with Gasteiger partial charge < -0.3 is 10.0 Å². The van der Waals surface area contributed by atoms with Crippen molar-refractivity contribution in [2.75, 3.05) is 19.6 Å². The van der Waals surface area contributed by atoms with Crippen LogP contribution in [-0.2, 0) is 4.79 Å². The van der Waals surface area contributed by atoms with Gasteiger partial charge in [-0.1, -0.05) is 26.2 Å². The molecule has 2 heterocycles. The van der Waals surface area contributed by atoms with Crippen LogP contribution in [0.15, 0.2) is 0 Å². The van der Waals surface area contributed by atoms with Gasteiger partial charge in [0, 0.05) is 25.6 Å². The van der Waals surface area contributed by atoms with Crippen LogP contribution < -0.4 is 0 Å². The number of aliphatic hydroxyl groups excluding tert-OH is 1. The van der Waals surface area contributed by atoms with Crippen molar-refractivity contribution in [3.05, 3.63) is 0 Å². The van der Waals surface area contributed by atoms with E-state index in [1.54, 1.807) is 0 Å². The average Bonchev–Trinajstić information content (AvgIpc) is 2.93. The molecule has 2 atom stereocenters. The molecule has 2 aliphatic heterocycles. The number of rotatable bonds is 2. The van der Waals surface area contributed by atoms with Gasteiger partial charge >= 0.3 is 0 Å². The number of amides is 1. The minimum atomic E-state index is -0.369. The third-order valence-electron chi connectivity index (χ3n) is 5.43. The predicted molar refractivity (Wildman–Crippen MR) is 73.8 cm³/mol. The quantitative estimate of drug-likeness (QED) is 0.821. The first-order valence-electron chi connectivity index (χ1n) is 7.91. The Hall–Kier alpha value is -0.610. The second-order valence-corrected chi connectivity index (χ2v) is 6.47. The van der Waals surface area contributed by atoms with Crippen molar-refractivity contribution in [3.8, 4) is 0 Å². The SMILES string of the molecule is CCN1C[C@@H](O)C[C@]12CCN(C1CCCCC1)C2=O. The fourth-order valence-electron chi connectivity index (χ4n) is 4.45. The molecular formula is C15H26N2O2. The Labute approximate surface area is 115 Å². The zero-order chi connectivity index (χ0) is 13.5. The zero-order valence-corrected chi connectivity index (χ0v) is 12.0. The predicted octanol–water partition coefficient (Wildman–Crippen LogP) is 1.38. The lowest BCUT2D eigenvalue weighted by molar-refractivity contribution is -0.139. The molecule has 3 rings (SSSR count). The van der Waals surface area contributed by atoms with Crippen LogP contribution in [0.5, 0.6) is 0 Å². The van der Waals surface area contributed by atoms with E-state index in [1.165, 1.54) is 32.1 Å². The van der Waals surface area contributed by atoms with Crippen LogP contribution in [0.1, 0.15) is 51.9 Å². The van der Waals surface area contributed by atoms with E-state index in [4.69, 9.17) is 0 Å². The minimum Gasteiger partial charge on any atom is -0.392 e.